The number of allylic oxidation sites excluding steroid dienone is 2. The average Bonchev–Trinajstić information content (AvgIpc) is 2.98. The van der Waals surface area contributed by atoms with Gasteiger partial charge in [0.2, 0.25) is 0 Å². The molecule has 42 heavy (non-hydrogen) atoms. The summed E-state index contributed by atoms with van der Waals surface area (Å²) in [5, 5.41) is 18.6. The van der Waals surface area contributed by atoms with Crippen molar-refractivity contribution < 1.29 is 47.8 Å². The number of esters is 2. The van der Waals surface area contributed by atoms with Gasteiger partial charge in [-0.1, -0.05) is 103 Å². The molecule has 0 rings (SSSR count). The predicted molar refractivity (Wildman–Crippen MR) is 164 cm³/mol. The Bertz CT molecular complexity index is 731. The number of carbonyl (C=O) groups excluding carboxylic acids is 2. The van der Waals surface area contributed by atoms with Crippen LogP contribution >= 0.6 is 7.82 Å². The predicted octanol–water partition coefficient (Wildman–Crippen LogP) is 6.94. The molecule has 0 aromatic carbocycles. The molecule has 3 atom stereocenters. The first-order valence-electron chi connectivity index (χ1n) is 16.1. The normalized spacial score (nSPS) is 14.5. The third kappa shape index (κ3) is 26.3. The van der Waals surface area contributed by atoms with E-state index in [2.05, 4.69) is 19.1 Å². The Morgan fingerprint density at radius 1 is 0.643 bits per heavy atom. The highest BCUT2D eigenvalue weighted by molar-refractivity contribution is 7.47. The minimum atomic E-state index is -4.59. The molecule has 3 N–H and O–H groups in total. The van der Waals surface area contributed by atoms with Crippen molar-refractivity contribution in [2.45, 2.75) is 148 Å². The summed E-state index contributed by atoms with van der Waals surface area (Å²) >= 11 is 0. The Labute approximate surface area is 254 Å². The SMILES string of the molecule is CCCCCCCC/C=C\CCCCCCCCCCCC(=O)OC(CO)COP(=O)(O)OCC(CO)OC(=O)CC. The first kappa shape index (κ1) is 40.7. The number of carbonyl (C=O) groups is 2. The van der Waals surface area contributed by atoms with Crippen LogP contribution in [0.4, 0.5) is 0 Å². The van der Waals surface area contributed by atoms with Crippen molar-refractivity contribution in [3.8, 4) is 0 Å². The van der Waals surface area contributed by atoms with Crippen molar-refractivity contribution in [2.24, 2.45) is 0 Å². The van der Waals surface area contributed by atoms with Crippen LogP contribution in [-0.4, -0.2) is 65.7 Å². The van der Waals surface area contributed by atoms with Gasteiger partial charge in [0.25, 0.3) is 0 Å². The van der Waals surface area contributed by atoms with Gasteiger partial charge in [0.05, 0.1) is 26.4 Å². The second kappa shape index (κ2) is 28.5. The van der Waals surface area contributed by atoms with Gasteiger partial charge >= 0.3 is 19.8 Å². The minimum Gasteiger partial charge on any atom is -0.457 e. The van der Waals surface area contributed by atoms with E-state index in [0.29, 0.717) is 6.42 Å². The number of aliphatic hydroxyl groups excluding tert-OH is 2. The van der Waals surface area contributed by atoms with Gasteiger partial charge in [-0.05, 0) is 32.1 Å². The highest BCUT2D eigenvalue weighted by atomic mass is 31.2. The first-order chi connectivity index (χ1) is 20.3. The Balaban J connectivity index is 3.76. The second-order valence-corrected chi connectivity index (χ2v) is 12.2. The fourth-order valence-corrected chi connectivity index (χ4v) is 4.98. The highest BCUT2D eigenvalue weighted by Gasteiger charge is 2.27. The summed E-state index contributed by atoms with van der Waals surface area (Å²) in [6.07, 6.45) is 23.2. The van der Waals surface area contributed by atoms with Crippen LogP contribution in [0.1, 0.15) is 136 Å². The number of hydrogen-bond donors (Lipinski definition) is 3. The maximum Gasteiger partial charge on any atom is 0.472 e. The monoisotopic (exact) mass is 622 g/mol. The molecule has 0 heterocycles. The Hall–Kier alpha value is -1.29. The van der Waals surface area contributed by atoms with Gasteiger partial charge in [-0.2, -0.15) is 0 Å². The van der Waals surface area contributed by atoms with Gasteiger partial charge in [-0.25, -0.2) is 4.57 Å². The summed E-state index contributed by atoms with van der Waals surface area (Å²) in [6.45, 7) is 1.52. The lowest BCUT2D eigenvalue weighted by molar-refractivity contribution is -0.153. The molecule has 0 saturated heterocycles. The summed E-state index contributed by atoms with van der Waals surface area (Å²) in [5.41, 5.74) is 0. The number of rotatable bonds is 30. The van der Waals surface area contributed by atoms with Crippen molar-refractivity contribution >= 4 is 19.8 Å². The van der Waals surface area contributed by atoms with E-state index < -0.39 is 58.4 Å². The van der Waals surface area contributed by atoms with Crippen molar-refractivity contribution in [1.82, 2.24) is 0 Å². The van der Waals surface area contributed by atoms with Gasteiger partial charge in [0.15, 0.2) is 0 Å². The van der Waals surface area contributed by atoms with Crippen molar-refractivity contribution in [3.05, 3.63) is 12.2 Å². The first-order valence-corrected chi connectivity index (χ1v) is 17.6. The molecule has 0 bridgehead atoms. The molecule has 0 aromatic rings. The van der Waals surface area contributed by atoms with Gasteiger partial charge < -0.3 is 24.6 Å². The summed E-state index contributed by atoms with van der Waals surface area (Å²) < 4.78 is 31.5. The molecule has 0 saturated carbocycles. The standard InChI is InChI=1S/C31H59O10P/c1-3-5-6-7-8-9-10-11-12-13-14-15-16-17-18-19-20-21-22-23-31(35)41-29(25-33)27-39-42(36,37)38-26-28(24-32)40-30(34)4-2/h11-12,28-29,32-33H,3-10,13-27H2,1-2H3,(H,36,37)/b12-11-. The van der Waals surface area contributed by atoms with E-state index in [-0.39, 0.29) is 12.8 Å². The topological polar surface area (TPSA) is 149 Å². The molecule has 0 radical (unpaired) electrons. The third-order valence-corrected chi connectivity index (χ3v) is 7.73. The molecule has 0 amide bonds. The summed E-state index contributed by atoms with van der Waals surface area (Å²) in [7, 11) is -4.59. The minimum absolute atomic E-state index is 0.0746. The van der Waals surface area contributed by atoms with Crippen LogP contribution in [0.15, 0.2) is 12.2 Å². The van der Waals surface area contributed by atoms with Crippen LogP contribution < -0.4 is 0 Å². The molecule has 0 aliphatic rings. The lowest BCUT2D eigenvalue weighted by Crippen LogP contribution is -2.28. The van der Waals surface area contributed by atoms with Crippen LogP contribution in [0.25, 0.3) is 0 Å². The van der Waals surface area contributed by atoms with Crippen molar-refractivity contribution in [1.29, 1.82) is 0 Å². The fourth-order valence-electron chi connectivity index (χ4n) is 4.20. The molecular weight excluding hydrogens is 563 g/mol. The van der Waals surface area contributed by atoms with Crippen LogP contribution in [0.3, 0.4) is 0 Å². The molecule has 10 nitrogen and oxygen atoms in total. The number of phosphoric acid groups is 1. The molecular formula is C31H59O10P. The van der Waals surface area contributed by atoms with Crippen LogP contribution in [-0.2, 0) is 32.7 Å². The van der Waals surface area contributed by atoms with Crippen LogP contribution in [0.5, 0.6) is 0 Å². The average molecular weight is 623 g/mol. The lowest BCUT2D eigenvalue weighted by atomic mass is 10.1. The van der Waals surface area contributed by atoms with E-state index >= 15 is 0 Å². The number of phosphoric ester groups is 1. The molecule has 3 unspecified atom stereocenters. The Morgan fingerprint density at radius 3 is 1.48 bits per heavy atom. The zero-order valence-electron chi connectivity index (χ0n) is 26.2. The maximum absolute atomic E-state index is 12.1. The molecule has 248 valence electrons. The Kier molecular flexibility index (Phi) is 27.6. The van der Waals surface area contributed by atoms with E-state index in [9.17, 15) is 29.3 Å². The highest BCUT2D eigenvalue weighted by Crippen LogP contribution is 2.43. The number of ether oxygens (including phenoxy) is 2. The fraction of sp³-hybridized carbons (Fsp3) is 0.871. The maximum atomic E-state index is 12.1. The summed E-state index contributed by atoms with van der Waals surface area (Å²) in [5.74, 6) is -1.11. The van der Waals surface area contributed by atoms with Gasteiger partial charge in [-0.15, -0.1) is 0 Å². The van der Waals surface area contributed by atoms with Crippen molar-refractivity contribution in [2.75, 3.05) is 26.4 Å². The molecule has 11 heteroatoms. The lowest BCUT2D eigenvalue weighted by Gasteiger charge is -2.20. The van der Waals surface area contributed by atoms with E-state index in [4.69, 9.17) is 18.5 Å². The summed E-state index contributed by atoms with van der Waals surface area (Å²) in [4.78, 5) is 33.1. The van der Waals surface area contributed by atoms with E-state index in [1.807, 2.05) is 0 Å². The second-order valence-electron chi connectivity index (χ2n) is 10.8. The van der Waals surface area contributed by atoms with Crippen LogP contribution in [0, 0.1) is 0 Å². The Morgan fingerprint density at radius 2 is 1.05 bits per heavy atom. The summed E-state index contributed by atoms with van der Waals surface area (Å²) in [6, 6.07) is 0. The number of aliphatic hydroxyl groups is 2. The van der Waals surface area contributed by atoms with E-state index in [1.54, 1.807) is 6.92 Å². The molecule has 0 aromatic heterocycles. The van der Waals surface area contributed by atoms with Crippen molar-refractivity contribution in [3.63, 3.8) is 0 Å². The van der Waals surface area contributed by atoms with Crippen LogP contribution in [0.2, 0.25) is 0 Å². The smallest absolute Gasteiger partial charge is 0.457 e. The molecule has 0 fully saturated rings. The van der Waals surface area contributed by atoms with Gasteiger partial charge in [0.1, 0.15) is 12.2 Å². The number of hydrogen-bond acceptors (Lipinski definition) is 9. The zero-order valence-corrected chi connectivity index (χ0v) is 27.1. The largest absolute Gasteiger partial charge is 0.472 e. The van der Waals surface area contributed by atoms with E-state index in [1.165, 1.54) is 83.5 Å². The number of unbranched alkanes of at least 4 members (excludes halogenated alkanes) is 15. The quantitative estimate of drug-likeness (QED) is 0.0333. The molecule has 0 spiro atoms. The van der Waals surface area contributed by atoms with Gasteiger partial charge in [-0.3, -0.25) is 18.6 Å². The third-order valence-electron chi connectivity index (χ3n) is 6.78. The molecule has 0 aliphatic heterocycles. The van der Waals surface area contributed by atoms with E-state index in [0.717, 1.165) is 19.3 Å². The van der Waals surface area contributed by atoms with Gasteiger partial charge in [0, 0.05) is 12.8 Å². The zero-order chi connectivity index (χ0) is 31.3. The molecule has 0 aliphatic carbocycles.